The maximum Gasteiger partial charge on any atom is 0.149 e. The van der Waals surface area contributed by atoms with Crippen molar-refractivity contribution in [2.45, 2.75) is 39.4 Å². The van der Waals surface area contributed by atoms with E-state index in [1.54, 1.807) is 6.08 Å². The Morgan fingerprint density at radius 1 is 1.35 bits per heavy atom. The van der Waals surface area contributed by atoms with Gasteiger partial charge in [-0.25, -0.2) is 0 Å². The highest BCUT2D eigenvalue weighted by atomic mass is 28.2. The second-order valence-electron chi connectivity index (χ2n) is 5.38. The number of allylic oxidation sites excluding steroid dienone is 2. The van der Waals surface area contributed by atoms with E-state index in [-0.39, 0.29) is 11.7 Å². The average molecular weight is 269 g/mol. The molecule has 1 rings (SSSR count). The van der Waals surface area contributed by atoms with Crippen LogP contribution in [0.5, 0.6) is 0 Å². The van der Waals surface area contributed by atoms with E-state index >= 15 is 0 Å². The first-order valence-electron chi connectivity index (χ1n) is 6.18. The van der Waals surface area contributed by atoms with Gasteiger partial charge in [0.05, 0.1) is 6.07 Å². The van der Waals surface area contributed by atoms with Crippen LogP contribution in [-0.2, 0) is 8.85 Å². The van der Waals surface area contributed by atoms with Crippen LogP contribution in [0.15, 0.2) is 12.2 Å². The molecule has 0 saturated heterocycles. The van der Waals surface area contributed by atoms with Crippen LogP contribution in [0.4, 0.5) is 0 Å². The molecule has 0 N–H and O–H groups in total. The summed E-state index contributed by atoms with van der Waals surface area (Å²) in [6.07, 6.45) is 7.17. The summed E-state index contributed by atoms with van der Waals surface area (Å²) in [5.41, 5.74) is 0.0821. The van der Waals surface area contributed by atoms with E-state index in [9.17, 15) is 0 Å². The van der Waals surface area contributed by atoms with Crippen molar-refractivity contribution in [3.63, 3.8) is 0 Å². The minimum Gasteiger partial charge on any atom is -0.404 e. The molecule has 0 aromatic heterocycles. The van der Waals surface area contributed by atoms with Crippen molar-refractivity contribution in [1.29, 1.82) is 5.26 Å². The van der Waals surface area contributed by atoms with Crippen molar-refractivity contribution in [3.8, 4) is 6.07 Å². The first-order chi connectivity index (χ1) is 8.06. The molecule has 96 valence electrons. The number of nitriles is 1. The molecule has 0 radical (unpaired) electrons. The van der Waals surface area contributed by atoms with E-state index in [2.05, 4.69) is 19.9 Å². The Hall–Kier alpha value is -0.416. The van der Waals surface area contributed by atoms with Crippen molar-refractivity contribution in [2.24, 2.45) is 17.3 Å². The van der Waals surface area contributed by atoms with Gasteiger partial charge in [-0.05, 0) is 31.1 Å². The van der Waals surface area contributed by atoms with Gasteiger partial charge >= 0.3 is 0 Å². The molecule has 0 spiro atoms. The molecule has 3 nitrogen and oxygen atoms in total. The largest absolute Gasteiger partial charge is 0.404 e. The van der Waals surface area contributed by atoms with Crippen molar-refractivity contribution in [3.05, 3.63) is 12.2 Å². The lowest BCUT2D eigenvalue weighted by atomic mass is 9.77. The fourth-order valence-corrected chi connectivity index (χ4v) is 4.93. The zero-order valence-corrected chi connectivity index (χ0v) is 15.3. The van der Waals surface area contributed by atoms with Gasteiger partial charge < -0.3 is 8.85 Å². The molecule has 0 amide bonds. The molecule has 0 aromatic rings. The summed E-state index contributed by atoms with van der Waals surface area (Å²) in [5.74, 6) is 1.19. The topological polar surface area (TPSA) is 42.2 Å². The third-order valence-electron chi connectivity index (χ3n) is 4.00. The molecule has 0 bridgehead atoms. The maximum atomic E-state index is 8.55. The first-order valence-corrected chi connectivity index (χ1v) is 7.81. The van der Waals surface area contributed by atoms with Gasteiger partial charge in [0.25, 0.3) is 0 Å². The molecule has 1 aliphatic rings. The highest BCUT2D eigenvalue weighted by molar-refractivity contribution is 5.99. The lowest BCUT2D eigenvalue weighted by molar-refractivity contribution is -0.0988. The molecule has 17 heavy (non-hydrogen) atoms. The van der Waals surface area contributed by atoms with Crippen molar-refractivity contribution in [1.82, 2.24) is 0 Å². The monoisotopic (exact) mass is 269 g/mol. The van der Waals surface area contributed by atoms with Crippen LogP contribution < -0.4 is 0 Å². The summed E-state index contributed by atoms with van der Waals surface area (Å²) in [7, 11) is 1.44. The Bertz CT molecular complexity index is 308. The number of rotatable bonds is 5. The van der Waals surface area contributed by atoms with E-state index < -0.39 is 0 Å². The van der Waals surface area contributed by atoms with Gasteiger partial charge in [-0.1, -0.05) is 19.9 Å². The lowest BCUT2D eigenvalue weighted by Crippen LogP contribution is -2.39. The first kappa shape index (κ1) is 14.6. The molecular weight excluding hydrogens is 246 g/mol. The van der Waals surface area contributed by atoms with Crippen LogP contribution in [0.1, 0.15) is 33.1 Å². The average Bonchev–Trinajstić information content (AvgIpc) is 2.77. The van der Waals surface area contributed by atoms with Gasteiger partial charge in [0.15, 0.2) is 0 Å². The van der Waals surface area contributed by atoms with Gasteiger partial charge in [-0.3, -0.25) is 0 Å². The molecule has 1 saturated carbocycles. The third-order valence-corrected chi connectivity index (χ3v) is 4.86. The van der Waals surface area contributed by atoms with E-state index in [4.69, 9.17) is 14.1 Å². The number of hydrogen-bond acceptors (Lipinski definition) is 3. The Morgan fingerprint density at radius 3 is 2.53 bits per heavy atom. The summed E-state index contributed by atoms with van der Waals surface area (Å²) < 4.78 is 11.1. The molecule has 1 aliphatic carbocycles. The molecule has 0 heterocycles. The van der Waals surface area contributed by atoms with Gasteiger partial charge in [-0.15, -0.1) is 0 Å². The van der Waals surface area contributed by atoms with Crippen molar-refractivity contribution >= 4 is 21.0 Å². The summed E-state index contributed by atoms with van der Waals surface area (Å²) >= 11 is 0. The molecule has 5 heteroatoms. The Kier molecular flexibility index (Phi) is 5.60. The number of nitrogens with zero attached hydrogens (tertiary/aromatic N) is 1. The van der Waals surface area contributed by atoms with E-state index in [1.807, 2.05) is 6.08 Å². The maximum absolute atomic E-state index is 8.55. The molecular formula is C12H23NO2Si2. The van der Waals surface area contributed by atoms with Crippen LogP contribution in [0.25, 0.3) is 0 Å². The van der Waals surface area contributed by atoms with Crippen LogP contribution in [0.3, 0.4) is 0 Å². The Morgan fingerprint density at radius 2 is 2.00 bits per heavy atom. The zero-order valence-electron chi connectivity index (χ0n) is 11.3. The molecule has 2 atom stereocenters. The molecule has 2 unspecified atom stereocenters. The summed E-state index contributed by atoms with van der Waals surface area (Å²) in [5, 5.41) is 8.55. The smallest absolute Gasteiger partial charge is 0.149 e. The quantitative estimate of drug-likeness (QED) is 0.413. The van der Waals surface area contributed by atoms with Crippen LogP contribution in [-0.4, -0.2) is 27.3 Å². The normalized spacial score (nSPS) is 27.6. The minimum absolute atomic E-state index is 0.0375. The minimum atomic E-state index is -0.0375. The van der Waals surface area contributed by atoms with E-state index in [0.717, 1.165) is 27.4 Å². The predicted molar refractivity (Wildman–Crippen MR) is 75.2 cm³/mol. The second kappa shape index (κ2) is 6.50. The van der Waals surface area contributed by atoms with Crippen LogP contribution >= 0.6 is 0 Å². The highest BCUT2D eigenvalue weighted by Gasteiger charge is 2.40. The van der Waals surface area contributed by atoms with Crippen molar-refractivity contribution < 1.29 is 8.85 Å². The Balaban J connectivity index is 2.63. The summed E-state index contributed by atoms with van der Waals surface area (Å²) in [6, 6.07) is 2.07. The van der Waals surface area contributed by atoms with Gasteiger partial charge in [-0.2, -0.15) is 5.26 Å². The van der Waals surface area contributed by atoms with Gasteiger partial charge in [0, 0.05) is 11.5 Å². The standard InChI is InChI=1S/C12H23NO2Si2/c1-12(2,11(14-16)15-17)10-6-5-9(8-10)4-3-7-13/h3-4,9-11H,5-6,8H2,1-2,16-17H3. The Labute approximate surface area is 110 Å². The highest BCUT2D eigenvalue weighted by Crippen LogP contribution is 2.45. The second-order valence-corrected chi connectivity index (χ2v) is 6.33. The molecule has 1 fully saturated rings. The van der Waals surface area contributed by atoms with E-state index in [0.29, 0.717) is 11.8 Å². The zero-order chi connectivity index (χ0) is 12.9. The number of hydrogen-bond donors (Lipinski definition) is 0. The third kappa shape index (κ3) is 3.52. The van der Waals surface area contributed by atoms with Crippen LogP contribution in [0.2, 0.25) is 0 Å². The van der Waals surface area contributed by atoms with Gasteiger partial charge in [0.1, 0.15) is 27.3 Å². The lowest BCUT2D eigenvalue weighted by Gasteiger charge is -2.38. The summed E-state index contributed by atoms with van der Waals surface area (Å²) in [6.45, 7) is 4.49. The molecule has 0 aliphatic heterocycles. The summed E-state index contributed by atoms with van der Waals surface area (Å²) in [4.78, 5) is 0. The fraction of sp³-hybridized carbons (Fsp3) is 0.750. The fourth-order valence-electron chi connectivity index (χ4n) is 2.94. The van der Waals surface area contributed by atoms with Crippen molar-refractivity contribution in [2.75, 3.05) is 0 Å². The van der Waals surface area contributed by atoms with Gasteiger partial charge in [0.2, 0.25) is 0 Å². The van der Waals surface area contributed by atoms with Crippen LogP contribution in [0, 0.1) is 28.6 Å². The van der Waals surface area contributed by atoms with E-state index in [1.165, 1.54) is 12.8 Å². The SMILES string of the molecule is CC(C)(C1CCC(C=CC#N)C1)C(O[SiH3])O[SiH3]. The molecule has 0 aromatic carbocycles. The predicted octanol–water partition coefficient (Wildman–Crippen LogP) is 0.429.